The Kier molecular flexibility index (Phi) is 4.10. The highest BCUT2D eigenvalue weighted by molar-refractivity contribution is 9.10. The molecule has 0 radical (unpaired) electrons. The van der Waals surface area contributed by atoms with E-state index < -0.39 is 0 Å². The molecule has 0 saturated heterocycles. The number of aryl methyl sites for hydroxylation is 1. The highest BCUT2D eigenvalue weighted by atomic mass is 79.9. The van der Waals surface area contributed by atoms with Crippen LogP contribution < -0.4 is 5.32 Å². The molecule has 14 heavy (non-hydrogen) atoms. The number of nitrogens with one attached hydrogen (secondary N) is 1. The first-order valence-corrected chi connectivity index (χ1v) is 5.35. The lowest BCUT2D eigenvalue weighted by Crippen LogP contribution is -2.29. The largest absolute Gasteiger partial charge is 0.328 e. The van der Waals surface area contributed by atoms with Gasteiger partial charge in [-0.3, -0.25) is 4.90 Å². The van der Waals surface area contributed by atoms with E-state index in [1.807, 2.05) is 25.0 Å². The van der Waals surface area contributed by atoms with Crippen molar-refractivity contribution in [3.63, 3.8) is 0 Å². The molecule has 1 atom stereocenters. The van der Waals surface area contributed by atoms with Crippen LogP contribution in [0.2, 0.25) is 0 Å². The average Bonchev–Trinajstić information content (AvgIpc) is 2.44. The van der Waals surface area contributed by atoms with Gasteiger partial charge in [0.2, 0.25) is 0 Å². The average molecular weight is 261 g/mol. The third-order valence-corrected chi connectivity index (χ3v) is 3.19. The van der Waals surface area contributed by atoms with Crippen molar-refractivity contribution < 1.29 is 0 Å². The first-order chi connectivity index (χ1) is 6.57. The van der Waals surface area contributed by atoms with Crippen molar-refractivity contribution in [3.05, 3.63) is 16.6 Å². The quantitative estimate of drug-likeness (QED) is 0.878. The van der Waals surface area contributed by atoms with Crippen molar-refractivity contribution in [1.29, 1.82) is 0 Å². The van der Waals surface area contributed by atoms with E-state index in [4.69, 9.17) is 0 Å². The maximum atomic E-state index is 4.39. The Bertz CT molecular complexity index is 295. The number of nitrogens with zero attached hydrogens (tertiary/aromatic N) is 3. The van der Waals surface area contributed by atoms with Gasteiger partial charge >= 0.3 is 0 Å². The number of likely N-dealkylation sites (N-methyl/N-ethyl adjacent to an activating group) is 2. The van der Waals surface area contributed by atoms with E-state index >= 15 is 0 Å². The SMILES string of the molecule is CNCC(c1ncn(C)c1Br)N(C)C. The van der Waals surface area contributed by atoms with Crippen LogP contribution in [0.1, 0.15) is 11.7 Å². The van der Waals surface area contributed by atoms with Crippen LogP contribution in [-0.2, 0) is 7.05 Å². The van der Waals surface area contributed by atoms with Gasteiger partial charge in [0.05, 0.1) is 18.1 Å². The summed E-state index contributed by atoms with van der Waals surface area (Å²) >= 11 is 3.54. The first kappa shape index (κ1) is 11.7. The monoisotopic (exact) mass is 260 g/mol. The summed E-state index contributed by atoms with van der Waals surface area (Å²) in [7, 11) is 8.05. The van der Waals surface area contributed by atoms with Gasteiger partial charge in [-0.15, -0.1) is 0 Å². The molecule has 0 aliphatic heterocycles. The number of imidazole rings is 1. The van der Waals surface area contributed by atoms with E-state index in [-0.39, 0.29) is 0 Å². The summed E-state index contributed by atoms with van der Waals surface area (Å²) in [6, 6.07) is 0.301. The normalized spacial score (nSPS) is 13.6. The van der Waals surface area contributed by atoms with Crippen LogP contribution in [0.25, 0.3) is 0 Å². The highest BCUT2D eigenvalue weighted by Gasteiger charge is 2.19. The van der Waals surface area contributed by atoms with Crippen molar-refractivity contribution in [2.75, 3.05) is 27.7 Å². The molecule has 1 aromatic heterocycles. The van der Waals surface area contributed by atoms with Crippen LogP contribution in [0.3, 0.4) is 0 Å². The maximum Gasteiger partial charge on any atom is 0.109 e. The predicted molar refractivity (Wildman–Crippen MR) is 61.3 cm³/mol. The van der Waals surface area contributed by atoms with Gasteiger partial charge in [-0.05, 0) is 37.1 Å². The number of aromatic nitrogens is 2. The summed E-state index contributed by atoms with van der Waals surface area (Å²) < 4.78 is 3.02. The predicted octanol–water partition coefficient (Wildman–Crippen LogP) is 1.00. The summed E-state index contributed by atoms with van der Waals surface area (Å²) in [5, 5.41) is 3.17. The molecular weight excluding hydrogens is 244 g/mol. The molecule has 0 bridgehead atoms. The molecule has 1 N–H and O–H groups in total. The Labute approximate surface area is 93.4 Å². The number of rotatable bonds is 4. The fourth-order valence-corrected chi connectivity index (χ4v) is 1.83. The van der Waals surface area contributed by atoms with Crippen LogP contribution in [0.5, 0.6) is 0 Å². The molecule has 0 aliphatic carbocycles. The number of hydrogen-bond donors (Lipinski definition) is 1. The molecule has 0 spiro atoms. The van der Waals surface area contributed by atoms with E-state index in [0.717, 1.165) is 16.8 Å². The van der Waals surface area contributed by atoms with E-state index in [1.54, 1.807) is 0 Å². The third-order valence-electron chi connectivity index (χ3n) is 2.23. The molecule has 1 heterocycles. The zero-order chi connectivity index (χ0) is 10.7. The minimum absolute atomic E-state index is 0.301. The lowest BCUT2D eigenvalue weighted by atomic mass is 10.2. The molecule has 0 amide bonds. The summed E-state index contributed by atoms with van der Waals surface area (Å²) in [6.07, 6.45) is 1.82. The van der Waals surface area contributed by atoms with Crippen LogP contribution in [-0.4, -0.2) is 42.1 Å². The minimum atomic E-state index is 0.301. The Morgan fingerprint density at radius 1 is 1.64 bits per heavy atom. The van der Waals surface area contributed by atoms with Crippen LogP contribution in [0.4, 0.5) is 0 Å². The van der Waals surface area contributed by atoms with Crippen LogP contribution in [0.15, 0.2) is 10.9 Å². The lowest BCUT2D eigenvalue weighted by molar-refractivity contribution is 0.288. The maximum absolute atomic E-state index is 4.39. The van der Waals surface area contributed by atoms with Crippen molar-refractivity contribution >= 4 is 15.9 Å². The fraction of sp³-hybridized carbons (Fsp3) is 0.667. The Balaban J connectivity index is 2.93. The molecule has 1 rings (SSSR count). The number of hydrogen-bond acceptors (Lipinski definition) is 3. The Morgan fingerprint density at radius 3 is 2.64 bits per heavy atom. The smallest absolute Gasteiger partial charge is 0.109 e. The topological polar surface area (TPSA) is 33.1 Å². The van der Waals surface area contributed by atoms with E-state index in [9.17, 15) is 0 Å². The van der Waals surface area contributed by atoms with E-state index in [0.29, 0.717) is 6.04 Å². The zero-order valence-corrected chi connectivity index (χ0v) is 10.7. The molecule has 0 aromatic carbocycles. The van der Waals surface area contributed by atoms with Crippen LogP contribution in [0, 0.1) is 0 Å². The fourth-order valence-electron chi connectivity index (χ4n) is 1.37. The second kappa shape index (κ2) is 4.91. The minimum Gasteiger partial charge on any atom is -0.328 e. The molecule has 0 saturated carbocycles. The van der Waals surface area contributed by atoms with Crippen molar-refractivity contribution in [2.45, 2.75) is 6.04 Å². The van der Waals surface area contributed by atoms with Gasteiger partial charge in [-0.1, -0.05) is 0 Å². The Morgan fingerprint density at radius 2 is 2.29 bits per heavy atom. The standard InChI is InChI=1S/C9H17BrN4/c1-11-5-7(13(2)3)8-9(10)14(4)6-12-8/h6-7,11H,5H2,1-4H3. The second-order valence-electron chi connectivity index (χ2n) is 3.57. The number of halogens is 1. The summed E-state index contributed by atoms with van der Waals surface area (Å²) in [6.45, 7) is 0.891. The van der Waals surface area contributed by atoms with Gasteiger partial charge in [0.15, 0.2) is 0 Å². The van der Waals surface area contributed by atoms with Gasteiger partial charge < -0.3 is 9.88 Å². The van der Waals surface area contributed by atoms with Crippen molar-refractivity contribution in [3.8, 4) is 0 Å². The molecule has 4 nitrogen and oxygen atoms in total. The summed E-state index contributed by atoms with van der Waals surface area (Å²) in [5.74, 6) is 0. The molecule has 0 aliphatic rings. The van der Waals surface area contributed by atoms with Gasteiger partial charge in [0, 0.05) is 13.6 Å². The highest BCUT2D eigenvalue weighted by Crippen LogP contribution is 2.23. The lowest BCUT2D eigenvalue weighted by Gasteiger charge is -2.22. The zero-order valence-electron chi connectivity index (χ0n) is 9.08. The molecule has 1 unspecified atom stereocenters. The van der Waals surface area contributed by atoms with E-state index in [2.05, 4.69) is 45.2 Å². The van der Waals surface area contributed by atoms with Gasteiger partial charge in [-0.25, -0.2) is 4.98 Å². The van der Waals surface area contributed by atoms with E-state index in [1.165, 1.54) is 0 Å². The van der Waals surface area contributed by atoms with Crippen molar-refractivity contribution in [1.82, 2.24) is 19.8 Å². The first-order valence-electron chi connectivity index (χ1n) is 4.55. The van der Waals surface area contributed by atoms with Gasteiger partial charge in [0.1, 0.15) is 4.60 Å². The molecule has 5 heteroatoms. The van der Waals surface area contributed by atoms with Crippen molar-refractivity contribution in [2.24, 2.45) is 7.05 Å². The molecule has 1 aromatic rings. The third kappa shape index (κ3) is 2.34. The molecular formula is C9H17BrN4. The summed E-state index contributed by atoms with van der Waals surface area (Å²) in [4.78, 5) is 6.55. The van der Waals surface area contributed by atoms with Gasteiger partial charge in [-0.2, -0.15) is 0 Å². The van der Waals surface area contributed by atoms with Crippen LogP contribution >= 0.6 is 15.9 Å². The molecule has 80 valence electrons. The summed E-state index contributed by atoms with van der Waals surface area (Å²) in [5.41, 5.74) is 1.08. The second-order valence-corrected chi connectivity index (χ2v) is 4.32. The Hall–Kier alpha value is -0.390. The van der Waals surface area contributed by atoms with Gasteiger partial charge in [0.25, 0.3) is 0 Å². The molecule has 0 fully saturated rings.